The minimum Gasteiger partial charge on any atom is -0.382 e. The van der Waals surface area contributed by atoms with Crippen LogP contribution in [0.25, 0.3) is 0 Å². The highest BCUT2D eigenvalue weighted by atomic mass is 15.2. The van der Waals surface area contributed by atoms with Crippen LogP contribution < -0.4 is 15.1 Å². The van der Waals surface area contributed by atoms with Crippen molar-refractivity contribution >= 4 is 17.1 Å². The van der Waals surface area contributed by atoms with Gasteiger partial charge in [-0.1, -0.05) is 6.07 Å². The highest BCUT2D eigenvalue weighted by Gasteiger charge is 2.17. The van der Waals surface area contributed by atoms with Crippen LogP contribution in [-0.2, 0) is 0 Å². The van der Waals surface area contributed by atoms with Gasteiger partial charge in [0, 0.05) is 34.2 Å². The second kappa shape index (κ2) is 3.40. The van der Waals surface area contributed by atoms with Crippen LogP contribution in [0.3, 0.4) is 0 Å². The van der Waals surface area contributed by atoms with E-state index in [9.17, 15) is 0 Å². The molecular formula is C11H17N3. The van der Waals surface area contributed by atoms with Crippen LogP contribution in [0.4, 0.5) is 17.1 Å². The van der Waals surface area contributed by atoms with Crippen molar-refractivity contribution in [1.82, 2.24) is 0 Å². The van der Waals surface area contributed by atoms with E-state index >= 15 is 0 Å². The van der Waals surface area contributed by atoms with Crippen molar-refractivity contribution in [2.75, 3.05) is 49.3 Å². The van der Waals surface area contributed by atoms with Gasteiger partial charge in [0.25, 0.3) is 0 Å². The van der Waals surface area contributed by atoms with E-state index in [2.05, 4.69) is 54.5 Å². The molecule has 1 N–H and O–H groups in total. The number of nitrogens with one attached hydrogen (secondary N) is 1. The van der Waals surface area contributed by atoms with Crippen LogP contribution in [0.2, 0.25) is 0 Å². The molecular weight excluding hydrogens is 174 g/mol. The van der Waals surface area contributed by atoms with Gasteiger partial charge in [-0.25, -0.2) is 0 Å². The molecule has 3 heteroatoms. The Morgan fingerprint density at radius 2 is 2.14 bits per heavy atom. The molecule has 0 atom stereocenters. The van der Waals surface area contributed by atoms with Gasteiger partial charge in [0.1, 0.15) is 0 Å². The Morgan fingerprint density at radius 1 is 1.36 bits per heavy atom. The summed E-state index contributed by atoms with van der Waals surface area (Å²) in [6.07, 6.45) is 0. The molecule has 0 saturated carbocycles. The Kier molecular flexibility index (Phi) is 2.23. The molecule has 1 aromatic rings. The summed E-state index contributed by atoms with van der Waals surface area (Å²) in [6.45, 7) is 2.10. The van der Waals surface area contributed by atoms with Crippen molar-refractivity contribution in [1.29, 1.82) is 0 Å². The molecule has 0 spiro atoms. The number of likely N-dealkylation sites (N-methyl/N-ethyl adjacent to an activating group) is 1. The summed E-state index contributed by atoms with van der Waals surface area (Å²) in [6, 6.07) is 6.39. The van der Waals surface area contributed by atoms with Crippen LogP contribution in [0.5, 0.6) is 0 Å². The lowest BCUT2D eigenvalue weighted by atomic mass is 10.1. The fourth-order valence-electron chi connectivity index (χ4n) is 1.91. The zero-order valence-electron chi connectivity index (χ0n) is 9.04. The monoisotopic (exact) mass is 191 g/mol. The van der Waals surface area contributed by atoms with Gasteiger partial charge in [-0.05, 0) is 12.1 Å². The Hall–Kier alpha value is -1.38. The van der Waals surface area contributed by atoms with Gasteiger partial charge in [0.15, 0.2) is 0 Å². The molecule has 1 aliphatic heterocycles. The predicted molar refractivity (Wildman–Crippen MR) is 62.5 cm³/mol. The van der Waals surface area contributed by atoms with Crippen LogP contribution in [0.15, 0.2) is 18.2 Å². The van der Waals surface area contributed by atoms with E-state index in [0.717, 1.165) is 13.1 Å². The van der Waals surface area contributed by atoms with Gasteiger partial charge < -0.3 is 15.1 Å². The van der Waals surface area contributed by atoms with Crippen molar-refractivity contribution in [2.45, 2.75) is 0 Å². The highest BCUT2D eigenvalue weighted by Crippen LogP contribution is 2.36. The van der Waals surface area contributed by atoms with Gasteiger partial charge in [-0.15, -0.1) is 0 Å². The van der Waals surface area contributed by atoms with Crippen molar-refractivity contribution in [3.63, 3.8) is 0 Å². The summed E-state index contributed by atoms with van der Waals surface area (Å²) in [4.78, 5) is 4.46. The molecule has 0 radical (unpaired) electrons. The Balaban J connectivity index is 2.52. The van der Waals surface area contributed by atoms with E-state index in [1.807, 2.05) is 0 Å². The van der Waals surface area contributed by atoms with Crippen LogP contribution in [-0.4, -0.2) is 34.2 Å². The predicted octanol–water partition coefficient (Wildman–Crippen LogP) is 1.61. The molecule has 2 rings (SSSR count). The number of rotatable bonds is 1. The normalized spacial score (nSPS) is 14.6. The second-order valence-corrected chi connectivity index (χ2v) is 3.92. The average Bonchev–Trinajstić information content (AvgIpc) is 2.17. The second-order valence-electron chi connectivity index (χ2n) is 3.92. The molecule has 76 valence electrons. The van der Waals surface area contributed by atoms with E-state index in [1.54, 1.807) is 0 Å². The minimum atomic E-state index is 1.03. The van der Waals surface area contributed by atoms with E-state index in [0.29, 0.717) is 0 Å². The van der Waals surface area contributed by atoms with Gasteiger partial charge in [-0.2, -0.15) is 0 Å². The lowest BCUT2D eigenvalue weighted by Gasteiger charge is -2.32. The number of benzene rings is 1. The number of hydrogen-bond acceptors (Lipinski definition) is 3. The molecule has 1 aliphatic rings. The molecule has 0 fully saturated rings. The van der Waals surface area contributed by atoms with E-state index in [1.165, 1.54) is 17.1 Å². The summed E-state index contributed by atoms with van der Waals surface area (Å²) in [5.41, 5.74) is 3.82. The summed E-state index contributed by atoms with van der Waals surface area (Å²) >= 11 is 0. The molecule has 0 amide bonds. The molecule has 0 aliphatic carbocycles. The SMILES string of the molecule is CN(C)c1cccc2c1N(C)CCN2. The zero-order valence-corrected chi connectivity index (χ0v) is 9.04. The third kappa shape index (κ3) is 1.39. The number of anilines is 3. The zero-order chi connectivity index (χ0) is 10.1. The molecule has 0 unspecified atom stereocenters. The first-order valence-corrected chi connectivity index (χ1v) is 4.95. The fourth-order valence-corrected chi connectivity index (χ4v) is 1.91. The lowest BCUT2D eigenvalue weighted by Crippen LogP contribution is -2.31. The quantitative estimate of drug-likeness (QED) is 0.727. The molecule has 1 aromatic carbocycles. The third-order valence-corrected chi connectivity index (χ3v) is 2.64. The Labute approximate surface area is 85.3 Å². The number of para-hydroxylation sites is 1. The molecule has 0 bridgehead atoms. The summed E-state index contributed by atoms with van der Waals surface area (Å²) in [5, 5.41) is 3.42. The van der Waals surface area contributed by atoms with E-state index in [-0.39, 0.29) is 0 Å². The summed E-state index contributed by atoms with van der Waals surface area (Å²) in [5.74, 6) is 0. The Morgan fingerprint density at radius 3 is 2.86 bits per heavy atom. The summed E-state index contributed by atoms with van der Waals surface area (Å²) < 4.78 is 0. The fraction of sp³-hybridized carbons (Fsp3) is 0.455. The first kappa shape index (κ1) is 9.19. The number of hydrogen-bond donors (Lipinski definition) is 1. The van der Waals surface area contributed by atoms with Crippen molar-refractivity contribution < 1.29 is 0 Å². The van der Waals surface area contributed by atoms with Crippen molar-refractivity contribution in [3.8, 4) is 0 Å². The molecule has 1 heterocycles. The maximum absolute atomic E-state index is 3.42. The highest BCUT2D eigenvalue weighted by molar-refractivity contribution is 5.85. The Bertz CT molecular complexity index is 333. The summed E-state index contributed by atoms with van der Waals surface area (Å²) in [7, 11) is 6.31. The van der Waals surface area contributed by atoms with Crippen LogP contribution in [0.1, 0.15) is 0 Å². The maximum Gasteiger partial charge on any atom is 0.0837 e. The average molecular weight is 191 g/mol. The molecule has 0 aromatic heterocycles. The van der Waals surface area contributed by atoms with Crippen molar-refractivity contribution in [3.05, 3.63) is 18.2 Å². The molecule has 14 heavy (non-hydrogen) atoms. The lowest BCUT2D eigenvalue weighted by molar-refractivity contribution is 0.882. The maximum atomic E-state index is 3.42. The van der Waals surface area contributed by atoms with Gasteiger partial charge in [-0.3, -0.25) is 0 Å². The molecule has 3 nitrogen and oxygen atoms in total. The van der Waals surface area contributed by atoms with Crippen LogP contribution >= 0.6 is 0 Å². The van der Waals surface area contributed by atoms with E-state index in [4.69, 9.17) is 0 Å². The first-order valence-electron chi connectivity index (χ1n) is 4.95. The number of fused-ring (bicyclic) bond motifs is 1. The van der Waals surface area contributed by atoms with Gasteiger partial charge in [0.2, 0.25) is 0 Å². The van der Waals surface area contributed by atoms with Crippen molar-refractivity contribution in [2.24, 2.45) is 0 Å². The largest absolute Gasteiger partial charge is 0.382 e. The number of nitrogens with zero attached hydrogens (tertiary/aromatic N) is 2. The first-order chi connectivity index (χ1) is 6.70. The minimum absolute atomic E-state index is 1.03. The van der Waals surface area contributed by atoms with Crippen LogP contribution in [0, 0.1) is 0 Å². The van der Waals surface area contributed by atoms with Gasteiger partial charge in [0.05, 0.1) is 17.1 Å². The smallest absolute Gasteiger partial charge is 0.0837 e. The van der Waals surface area contributed by atoms with E-state index < -0.39 is 0 Å². The van der Waals surface area contributed by atoms with Gasteiger partial charge >= 0.3 is 0 Å². The topological polar surface area (TPSA) is 18.5 Å². The third-order valence-electron chi connectivity index (χ3n) is 2.64. The molecule has 0 saturated heterocycles. The standard InChI is InChI=1S/C11H17N3/c1-13(2)10-6-4-5-9-11(10)14(3)8-7-12-9/h4-6,12H,7-8H2,1-3H3.